The van der Waals surface area contributed by atoms with E-state index in [1.165, 1.54) is 27.0 Å². The van der Waals surface area contributed by atoms with Gasteiger partial charge in [0.05, 0.1) is 16.1 Å². The number of para-hydroxylation sites is 1. The molecule has 7 nitrogen and oxygen atoms in total. The summed E-state index contributed by atoms with van der Waals surface area (Å²) in [6.45, 7) is 0.616. The Bertz CT molecular complexity index is 1290. The number of rotatable bonds is 5. The van der Waals surface area contributed by atoms with Gasteiger partial charge in [-0.15, -0.1) is 34.0 Å². The van der Waals surface area contributed by atoms with E-state index in [0.717, 1.165) is 20.9 Å². The number of sulfonamides is 1. The monoisotopic (exact) mass is 490 g/mol. The molecule has 0 saturated carbocycles. The highest BCUT2D eigenvalue weighted by molar-refractivity contribution is 7.91. The topological polar surface area (TPSA) is 92.3 Å². The number of hydrogen-bond donors (Lipinski definition) is 1. The molecule has 11 heteroatoms. The molecule has 0 radical (unpaired) electrons. The summed E-state index contributed by atoms with van der Waals surface area (Å²) in [4.78, 5) is 22.0. The molecule has 4 heterocycles. The van der Waals surface area contributed by atoms with E-state index >= 15 is 0 Å². The van der Waals surface area contributed by atoms with Crippen LogP contribution in [0.1, 0.15) is 12.8 Å². The highest BCUT2D eigenvalue weighted by atomic mass is 32.2. The number of carbonyl (C=O) groups excluding carboxylic acids is 1. The van der Waals surface area contributed by atoms with Crippen LogP contribution in [0.15, 0.2) is 51.4 Å². The van der Waals surface area contributed by atoms with Crippen molar-refractivity contribution >= 4 is 65.3 Å². The van der Waals surface area contributed by atoms with Crippen molar-refractivity contribution in [2.24, 2.45) is 5.92 Å². The Morgan fingerprint density at radius 1 is 1.13 bits per heavy atom. The molecule has 5 rings (SSSR count). The summed E-state index contributed by atoms with van der Waals surface area (Å²) in [5.74, 6) is -0.602. The molecule has 1 atom stereocenters. The number of nitrogens with one attached hydrogen (secondary N) is 1. The summed E-state index contributed by atoms with van der Waals surface area (Å²) in [5, 5.41) is 7.79. The van der Waals surface area contributed by atoms with E-state index in [-0.39, 0.29) is 12.5 Å². The van der Waals surface area contributed by atoms with Crippen LogP contribution in [0.5, 0.6) is 0 Å². The zero-order valence-corrected chi connectivity index (χ0v) is 19.5. The molecule has 0 spiro atoms. The molecule has 1 unspecified atom stereocenters. The summed E-state index contributed by atoms with van der Waals surface area (Å²) in [6.07, 6.45) is 1.30. The Morgan fingerprint density at radius 2 is 2.00 bits per heavy atom. The second kappa shape index (κ2) is 8.40. The molecule has 0 bridgehead atoms. The lowest BCUT2D eigenvalue weighted by Gasteiger charge is -2.30. The van der Waals surface area contributed by atoms with Crippen LogP contribution < -0.4 is 5.32 Å². The Hall–Kier alpha value is -2.18. The van der Waals surface area contributed by atoms with Crippen molar-refractivity contribution in [3.05, 3.63) is 47.2 Å². The zero-order chi connectivity index (χ0) is 21.4. The third kappa shape index (κ3) is 4.15. The van der Waals surface area contributed by atoms with Crippen molar-refractivity contribution in [3.63, 3.8) is 0 Å². The fourth-order valence-electron chi connectivity index (χ4n) is 3.53. The molecule has 1 aromatic carbocycles. The van der Waals surface area contributed by atoms with Gasteiger partial charge in [0.25, 0.3) is 10.0 Å². The van der Waals surface area contributed by atoms with Crippen molar-refractivity contribution in [2.45, 2.75) is 17.1 Å². The lowest BCUT2D eigenvalue weighted by atomic mass is 9.99. The quantitative estimate of drug-likeness (QED) is 0.444. The molecule has 1 fully saturated rings. The highest BCUT2D eigenvalue weighted by Crippen LogP contribution is 2.32. The third-order valence-electron chi connectivity index (χ3n) is 5.09. The van der Waals surface area contributed by atoms with Crippen LogP contribution in [0.4, 0.5) is 5.13 Å². The van der Waals surface area contributed by atoms with Gasteiger partial charge < -0.3 is 5.32 Å². The molecule has 160 valence electrons. The maximum absolute atomic E-state index is 12.8. The van der Waals surface area contributed by atoms with Gasteiger partial charge in [0.1, 0.15) is 14.9 Å². The number of benzene rings is 1. The number of fused-ring (bicyclic) bond motifs is 1. The van der Waals surface area contributed by atoms with Crippen molar-refractivity contribution in [1.82, 2.24) is 14.3 Å². The smallest absolute Gasteiger partial charge is 0.252 e. The van der Waals surface area contributed by atoms with E-state index in [2.05, 4.69) is 15.3 Å². The van der Waals surface area contributed by atoms with Gasteiger partial charge in [-0.2, -0.15) is 4.31 Å². The van der Waals surface area contributed by atoms with Crippen molar-refractivity contribution in [2.75, 3.05) is 18.4 Å². The van der Waals surface area contributed by atoms with Crippen LogP contribution in [0.25, 0.3) is 20.9 Å². The summed E-state index contributed by atoms with van der Waals surface area (Å²) in [7, 11) is -3.55. The predicted molar refractivity (Wildman–Crippen MR) is 125 cm³/mol. The number of amides is 1. The molecular formula is C20H18N4O3S4. The normalized spacial score (nSPS) is 17.7. The van der Waals surface area contributed by atoms with E-state index in [0.29, 0.717) is 28.7 Å². The molecule has 4 aromatic rings. The van der Waals surface area contributed by atoms with Crippen molar-refractivity contribution in [3.8, 4) is 10.7 Å². The summed E-state index contributed by atoms with van der Waals surface area (Å²) in [6, 6.07) is 11.2. The first kappa shape index (κ1) is 20.7. The molecule has 31 heavy (non-hydrogen) atoms. The van der Waals surface area contributed by atoms with Gasteiger partial charge in [0, 0.05) is 18.5 Å². The standard InChI is InChI=1S/C20H18N4O3S4/c25-18(13-5-3-9-24(11-13)31(26,27)17-8-4-10-28-17)23-20-22-15(12-29-20)19-21-14-6-1-2-7-16(14)30-19/h1-2,4,6-8,10,12-13H,3,5,9,11H2,(H,22,23,25). The predicted octanol–water partition coefficient (Wildman–Crippen LogP) is 4.52. The number of thiophene rings is 1. The maximum atomic E-state index is 12.8. The molecule has 1 saturated heterocycles. The molecule has 1 aliphatic heterocycles. The van der Waals surface area contributed by atoms with Crippen molar-refractivity contribution in [1.29, 1.82) is 0 Å². The number of nitrogens with zero attached hydrogens (tertiary/aromatic N) is 3. The second-order valence-electron chi connectivity index (χ2n) is 7.15. The van der Waals surface area contributed by atoms with Gasteiger partial charge in [-0.3, -0.25) is 4.79 Å². The second-order valence-corrected chi connectivity index (χ2v) is 12.1. The van der Waals surface area contributed by atoms with Gasteiger partial charge in [-0.25, -0.2) is 18.4 Å². The Balaban J connectivity index is 1.28. The van der Waals surface area contributed by atoms with E-state index in [4.69, 9.17) is 0 Å². The highest BCUT2D eigenvalue weighted by Gasteiger charge is 2.34. The number of hydrogen-bond acceptors (Lipinski definition) is 8. The van der Waals surface area contributed by atoms with E-state index < -0.39 is 15.9 Å². The SMILES string of the molecule is O=C(Nc1nc(-c2nc3ccccc3s2)cs1)C1CCCN(S(=O)(=O)c2cccs2)C1. The lowest BCUT2D eigenvalue weighted by molar-refractivity contribution is -0.120. The summed E-state index contributed by atoms with van der Waals surface area (Å²) < 4.78 is 28.4. The molecular weight excluding hydrogens is 473 g/mol. The Morgan fingerprint density at radius 3 is 2.81 bits per heavy atom. The zero-order valence-electron chi connectivity index (χ0n) is 16.2. The van der Waals surface area contributed by atoms with Crippen LogP contribution in [0.3, 0.4) is 0 Å². The number of carbonyl (C=O) groups is 1. The molecule has 1 amide bonds. The maximum Gasteiger partial charge on any atom is 0.252 e. The van der Waals surface area contributed by atoms with Gasteiger partial charge in [-0.05, 0) is 36.4 Å². The number of piperidine rings is 1. The summed E-state index contributed by atoms with van der Waals surface area (Å²) in [5.41, 5.74) is 1.65. The first-order valence-electron chi connectivity index (χ1n) is 9.67. The number of thiazole rings is 2. The van der Waals surface area contributed by atoms with Gasteiger partial charge in [-0.1, -0.05) is 18.2 Å². The van der Waals surface area contributed by atoms with E-state index in [1.807, 2.05) is 29.6 Å². The number of aromatic nitrogens is 2. The van der Waals surface area contributed by atoms with Gasteiger partial charge >= 0.3 is 0 Å². The van der Waals surface area contributed by atoms with Crippen LogP contribution in [0, 0.1) is 5.92 Å². The molecule has 1 aliphatic rings. The van der Waals surface area contributed by atoms with Gasteiger partial charge in [0.2, 0.25) is 5.91 Å². The van der Waals surface area contributed by atoms with Crippen LogP contribution >= 0.6 is 34.0 Å². The third-order valence-corrected chi connectivity index (χ3v) is 10.1. The molecule has 1 N–H and O–H groups in total. The first-order chi connectivity index (χ1) is 15.0. The van der Waals surface area contributed by atoms with Crippen molar-refractivity contribution < 1.29 is 13.2 Å². The van der Waals surface area contributed by atoms with E-state index in [9.17, 15) is 13.2 Å². The average molecular weight is 491 g/mol. The fourth-order valence-corrected chi connectivity index (χ4v) is 7.90. The minimum atomic E-state index is -3.55. The van der Waals surface area contributed by atoms with Gasteiger partial charge in [0.15, 0.2) is 5.13 Å². The average Bonchev–Trinajstić information content (AvgIpc) is 3.53. The lowest BCUT2D eigenvalue weighted by Crippen LogP contribution is -2.43. The first-order valence-corrected chi connectivity index (χ1v) is 13.7. The Kier molecular flexibility index (Phi) is 5.61. The van der Waals surface area contributed by atoms with Crippen LogP contribution in [-0.2, 0) is 14.8 Å². The largest absolute Gasteiger partial charge is 0.302 e. The minimum Gasteiger partial charge on any atom is -0.302 e. The van der Waals surface area contributed by atoms with E-state index in [1.54, 1.807) is 28.8 Å². The molecule has 0 aliphatic carbocycles. The Labute approximate surface area is 191 Å². The molecule has 3 aromatic heterocycles. The summed E-state index contributed by atoms with van der Waals surface area (Å²) >= 11 is 4.10. The number of anilines is 1. The fraction of sp³-hybridized carbons (Fsp3) is 0.250. The van der Waals surface area contributed by atoms with Crippen LogP contribution in [-0.4, -0.2) is 41.7 Å². The van der Waals surface area contributed by atoms with Crippen LogP contribution in [0.2, 0.25) is 0 Å². The minimum absolute atomic E-state index is 0.183.